The standard InChI is InChI=1S/C12H14N2O2/c1-8-11(12(16)13-8)14-10(15)7-9-5-3-2-4-6-9/h2-6,8,11H,7H2,1H3,(H,13,16)(H,14,15)/t8-,11-/m0/s1. The number of benzene rings is 1. The number of hydrogen-bond acceptors (Lipinski definition) is 2. The van der Waals surface area contributed by atoms with Crippen molar-refractivity contribution in [3.05, 3.63) is 35.9 Å². The van der Waals surface area contributed by atoms with Gasteiger partial charge in [0.15, 0.2) is 0 Å². The van der Waals surface area contributed by atoms with E-state index < -0.39 is 0 Å². The third-order valence-electron chi connectivity index (χ3n) is 2.68. The monoisotopic (exact) mass is 218 g/mol. The number of hydrogen-bond donors (Lipinski definition) is 2. The van der Waals surface area contributed by atoms with E-state index in [1.165, 1.54) is 0 Å². The van der Waals surface area contributed by atoms with Gasteiger partial charge < -0.3 is 10.6 Å². The van der Waals surface area contributed by atoms with Gasteiger partial charge in [0.2, 0.25) is 11.8 Å². The van der Waals surface area contributed by atoms with Crippen LogP contribution in [0, 0.1) is 0 Å². The third-order valence-corrected chi connectivity index (χ3v) is 2.68. The minimum absolute atomic E-state index is 0.0345. The summed E-state index contributed by atoms with van der Waals surface area (Å²) in [6.45, 7) is 1.87. The van der Waals surface area contributed by atoms with Gasteiger partial charge in [-0.25, -0.2) is 0 Å². The Labute approximate surface area is 94.0 Å². The molecular weight excluding hydrogens is 204 g/mol. The van der Waals surface area contributed by atoms with Gasteiger partial charge in [-0.05, 0) is 12.5 Å². The van der Waals surface area contributed by atoms with Crippen LogP contribution in [0.3, 0.4) is 0 Å². The Morgan fingerprint density at radius 2 is 2.06 bits per heavy atom. The van der Waals surface area contributed by atoms with Gasteiger partial charge in [0, 0.05) is 0 Å². The van der Waals surface area contributed by atoms with Gasteiger partial charge in [0.25, 0.3) is 0 Å². The number of amides is 2. The van der Waals surface area contributed by atoms with Gasteiger partial charge in [-0.2, -0.15) is 0 Å². The molecule has 0 saturated carbocycles. The zero-order valence-electron chi connectivity index (χ0n) is 9.07. The van der Waals surface area contributed by atoms with E-state index >= 15 is 0 Å². The van der Waals surface area contributed by atoms with E-state index in [0.717, 1.165) is 5.56 Å². The number of carbonyl (C=O) groups excluding carboxylic acids is 2. The Kier molecular flexibility index (Phi) is 2.90. The lowest BCUT2D eigenvalue weighted by molar-refractivity contribution is -0.135. The number of nitrogens with one attached hydrogen (secondary N) is 2. The Bertz CT molecular complexity index is 403. The van der Waals surface area contributed by atoms with E-state index in [0.29, 0.717) is 6.42 Å². The molecule has 4 heteroatoms. The van der Waals surface area contributed by atoms with Crippen molar-refractivity contribution in [3.63, 3.8) is 0 Å². The average Bonchev–Trinajstić information content (AvgIpc) is 2.28. The first kappa shape index (κ1) is 10.7. The van der Waals surface area contributed by atoms with E-state index in [4.69, 9.17) is 0 Å². The Morgan fingerprint density at radius 1 is 1.38 bits per heavy atom. The fourth-order valence-corrected chi connectivity index (χ4v) is 1.72. The molecule has 1 heterocycles. The highest BCUT2D eigenvalue weighted by Crippen LogP contribution is 2.06. The van der Waals surface area contributed by atoms with E-state index in [1.807, 2.05) is 37.3 Å². The molecule has 0 aliphatic carbocycles. The van der Waals surface area contributed by atoms with Gasteiger partial charge in [0.05, 0.1) is 12.5 Å². The van der Waals surface area contributed by atoms with Crippen LogP contribution in [0.25, 0.3) is 0 Å². The molecule has 84 valence electrons. The maximum atomic E-state index is 11.6. The summed E-state index contributed by atoms with van der Waals surface area (Å²) in [7, 11) is 0. The van der Waals surface area contributed by atoms with Crippen molar-refractivity contribution in [2.75, 3.05) is 0 Å². The molecule has 2 N–H and O–H groups in total. The van der Waals surface area contributed by atoms with Gasteiger partial charge in [-0.3, -0.25) is 9.59 Å². The van der Waals surface area contributed by atoms with Crippen LogP contribution >= 0.6 is 0 Å². The minimum Gasteiger partial charge on any atom is -0.349 e. The second kappa shape index (κ2) is 4.35. The highest BCUT2D eigenvalue weighted by Gasteiger charge is 2.36. The summed E-state index contributed by atoms with van der Waals surface area (Å²) < 4.78 is 0. The zero-order chi connectivity index (χ0) is 11.5. The summed E-state index contributed by atoms with van der Waals surface area (Å²) in [5.41, 5.74) is 0.951. The van der Waals surface area contributed by atoms with Crippen molar-refractivity contribution in [2.45, 2.75) is 25.4 Å². The molecule has 4 nitrogen and oxygen atoms in total. The Morgan fingerprint density at radius 3 is 2.62 bits per heavy atom. The van der Waals surface area contributed by atoms with Crippen LogP contribution in [0.1, 0.15) is 12.5 Å². The molecule has 0 aromatic heterocycles. The van der Waals surface area contributed by atoms with Crippen molar-refractivity contribution in [3.8, 4) is 0 Å². The first-order valence-corrected chi connectivity index (χ1v) is 5.30. The summed E-state index contributed by atoms with van der Waals surface area (Å²) in [5.74, 6) is -0.216. The molecule has 1 saturated heterocycles. The first-order chi connectivity index (χ1) is 7.66. The predicted octanol–water partition coefficient (Wildman–Crippen LogP) is 0.232. The molecule has 1 fully saturated rings. The van der Waals surface area contributed by atoms with Crippen molar-refractivity contribution < 1.29 is 9.59 Å². The lowest BCUT2D eigenvalue weighted by atomic mass is 10.0. The quantitative estimate of drug-likeness (QED) is 0.714. The topological polar surface area (TPSA) is 58.2 Å². The molecule has 1 aliphatic heterocycles. The summed E-state index contributed by atoms with van der Waals surface area (Å²) in [4.78, 5) is 22.7. The molecule has 1 aromatic rings. The molecule has 16 heavy (non-hydrogen) atoms. The summed E-state index contributed by atoms with van der Waals surface area (Å²) in [6, 6.07) is 9.14. The van der Waals surface area contributed by atoms with Gasteiger partial charge in [-0.15, -0.1) is 0 Å². The summed E-state index contributed by atoms with van der Waals surface area (Å²) in [5, 5.41) is 5.38. The smallest absolute Gasteiger partial charge is 0.245 e. The minimum atomic E-state index is -0.365. The number of β-lactam (4-membered cyclic amide) rings is 1. The van der Waals surface area contributed by atoms with Crippen molar-refractivity contribution in [1.29, 1.82) is 0 Å². The van der Waals surface area contributed by atoms with Crippen LogP contribution in [0.5, 0.6) is 0 Å². The largest absolute Gasteiger partial charge is 0.349 e. The normalized spacial score (nSPS) is 23.2. The van der Waals surface area contributed by atoms with Crippen LogP contribution in [0.15, 0.2) is 30.3 Å². The van der Waals surface area contributed by atoms with E-state index in [9.17, 15) is 9.59 Å². The highest BCUT2D eigenvalue weighted by atomic mass is 16.2. The molecule has 0 bridgehead atoms. The molecule has 0 radical (unpaired) electrons. The third kappa shape index (κ3) is 2.21. The van der Waals surface area contributed by atoms with Crippen LogP contribution in [-0.4, -0.2) is 23.9 Å². The Hall–Kier alpha value is -1.84. The summed E-state index contributed by atoms with van der Waals surface area (Å²) >= 11 is 0. The second-order valence-electron chi connectivity index (χ2n) is 4.00. The lowest BCUT2D eigenvalue weighted by Gasteiger charge is -2.34. The van der Waals surface area contributed by atoms with Gasteiger partial charge in [0.1, 0.15) is 6.04 Å². The maximum absolute atomic E-state index is 11.6. The zero-order valence-corrected chi connectivity index (χ0v) is 9.07. The van der Waals surface area contributed by atoms with E-state index in [-0.39, 0.29) is 23.9 Å². The molecule has 2 amide bonds. The molecule has 1 aromatic carbocycles. The lowest BCUT2D eigenvalue weighted by Crippen LogP contribution is -2.68. The number of rotatable bonds is 3. The Balaban J connectivity index is 1.87. The van der Waals surface area contributed by atoms with Crippen molar-refractivity contribution in [1.82, 2.24) is 10.6 Å². The number of carbonyl (C=O) groups is 2. The first-order valence-electron chi connectivity index (χ1n) is 5.30. The fraction of sp³-hybridized carbons (Fsp3) is 0.333. The van der Waals surface area contributed by atoms with Crippen molar-refractivity contribution >= 4 is 11.8 Å². The van der Waals surface area contributed by atoms with E-state index in [1.54, 1.807) is 0 Å². The molecule has 0 spiro atoms. The molecule has 2 atom stereocenters. The van der Waals surface area contributed by atoms with Crippen LogP contribution in [-0.2, 0) is 16.0 Å². The van der Waals surface area contributed by atoms with Crippen LogP contribution in [0.2, 0.25) is 0 Å². The SMILES string of the molecule is C[C@@H]1NC(=O)[C@H]1NC(=O)Cc1ccccc1. The van der Waals surface area contributed by atoms with Gasteiger partial charge >= 0.3 is 0 Å². The van der Waals surface area contributed by atoms with Crippen molar-refractivity contribution in [2.24, 2.45) is 0 Å². The maximum Gasteiger partial charge on any atom is 0.245 e. The second-order valence-corrected chi connectivity index (χ2v) is 4.00. The molecule has 2 rings (SSSR count). The molecule has 1 aliphatic rings. The average molecular weight is 218 g/mol. The summed E-state index contributed by atoms with van der Waals surface area (Å²) in [6.07, 6.45) is 0.317. The van der Waals surface area contributed by atoms with Gasteiger partial charge in [-0.1, -0.05) is 30.3 Å². The molecular formula is C12H14N2O2. The predicted molar refractivity (Wildman–Crippen MR) is 59.7 cm³/mol. The van der Waals surface area contributed by atoms with Crippen LogP contribution in [0.4, 0.5) is 0 Å². The highest BCUT2D eigenvalue weighted by molar-refractivity contribution is 5.93. The fourth-order valence-electron chi connectivity index (χ4n) is 1.72. The van der Waals surface area contributed by atoms with Crippen LogP contribution < -0.4 is 10.6 Å². The molecule has 0 unspecified atom stereocenters. The van der Waals surface area contributed by atoms with E-state index in [2.05, 4.69) is 10.6 Å².